The Morgan fingerprint density at radius 3 is 2.23 bits per heavy atom. The summed E-state index contributed by atoms with van der Waals surface area (Å²) in [5, 5.41) is 8.77. The Balaban J connectivity index is 4.14. The molecule has 13 heavy (non-hydrogen) atoms. The highest BCUT2D eigenvalue weighted by molar-refractivity contribution is 5.03. The summed E-state index contributed by atoms with van der Waals surface area (Å²) in [6.07, 6.45) is 2.21. The highest BCUT2D eigenvalue weighted by atomic mass is 15.1. The molecule has 1 unspecified atom stereocenters. The predicted octanol–water partition coefficient (Wildman–Crippen LogP) is 1.35. The highest BCUT2D eigenvalue weighted by Crippen LogP contribution is 2.09. The lowest BCUT2D eigenvalue weighted by Crippen LogP contribution is -2.48. The van der Waals surface area contributed by atoms with Crippen LogP contribution < -0.4 is 5.73 Å². The van der Waals surface area contributed by atoms with Crippen molar-refractivity contribution < 1.29 is 0 Å². The summed E-state index contributed by atoms with van der Waals surface area (Å²) in [4.78, 5) is 2.17. The van der Waals surface area contributed by atoms with Crippen LogP contribution in [0.1, 0.15) is 33.6 Å². The standard InChI is InChI=1S/C10H21N3/c1-5-9(6-2)13(4)8-10(3,12)7-11/h9H,5-6,8,12H2,1-4H3. The third-order valence-electron chi connectivity index (χ3n) is 2.40. The number of nitriles is 1. The van der Waals surface area contributed by atoms with Gasteiger partial charge in [-0.3, -0.25) is 0 Å². The number of nitrogens with zero attached hydrogens (tertiary/aromatic N) is 2. The number of likely N-dealkylation sites (N-methyl/N-ethyl adjacent to an activating group) is 1. The van der Waals surface area contributed by atoms with E-state index in [2.05, 4.69) is 24.8 Å². The Hall–Kier alpha value is -0.590. The maximum atomic E-state index is 8.77. The van der Waals surface area contributed by atoms with Crippen LogP contribution in [0.5, 0.6) is 0 Å². The van der Waals surface area contributed by atoms with Crippen LogP contribution in [-0.4, -0.2) is 30.1 Å². The first-order valence-electron chi connectivity index (χ1n) is 4.87. The van der Waals surface area contributed by atoms with E-state index in [0.717, 1.165) is 12.8 Å². The Labute approximate surface area is 81.5 Å². The predicted molar refractivity (Wildman–Crippen MR) is 55.2 cm³/mol. The van der Waals surface area contributed by atoms with Gasteiger partial charge in [0.2, 0.25) is 0 Å². The molecule has 0 bridgehead atoms. The van der Waals surface area contributed by atoms with Crippen LogP contribution in [0.4, 0.5) is 0 Å². The molecule has 2 N–H and O–H groups in total. The maximum Gasteiger partial charge on any atom is 0.114 e. The van der Waals surface area contributed by atoms with E-state index in [0.29, 0.717) is 12.6 Å². The van der Waals surface area contributed by atoms with E-state index in [1.165, 1.54) is 0 Å². The molecule has 0 aromatic carbocycles. The molecular formula is C10H21N3. The molecule has 0 amide bonds. The molecule has 0 aromatic heterocycles. The normalized spacial score (nSPS) is 15.8. The van der Waals surface area contributed by atoms with Gasteiger partial charge in [-0.2, -0.15) is 5.26 Å². The van der Waals surface area contributed by atoms with Crippen LogP contribution in [0, 0.1) is 11.3 Å². The van der Waals surface area contributed by atoms with Gasteiger partial charge in [-0.1, -0.05) is 13.8 Å². The van der Waals surface area contributed by atoms with Gasteiger partial charge in [0, 0.05) is 12.6 Å². The second kappa shape index (κ2) is 5.21. The van der Waals surface area contributed by atoms with Crippen LogP contribution in [0.2, 0.25) is 0 Å². The summed E-state index contributed by atoms with van der Waals surface area (Å²) in [5.41, 5.74) is 5.04. The van der Waals surface area contributed by atoms with Crippen LogP contribution in [0.15, 0.2) is 0 Å². The van der Waals surface area contributed by atoms with Gasteiger partial charge >= 0.3 is 0 Å². The topological polar surface area (TPSA) is 53.0 Å². The number of nitrogens with two attached hydrogens (primary N) is 1. The third kappa shape index (κ3) is 4.25. The lowest BCUT2D eigenvalue weighted by molar-refractivity contribution is 0.204. The van der Waals surface area contributed by atoms with Crippen molar-refractivity contribution in [2.45, 2.75) is 45.2 Å². The first-order chi connectivity index (χ1) is 5.96. The zero-order valence-electron chi connectivity index (χ0n) is 9.17. The van der Waals surface area contributed by atoms with Gasteiger partial charge < -0.3 is 10.6 Å². The fourth-order valence-electron chi connectivity index (χ4n) is 1.59. The summed E-state index contributed by atoms with van der Waals surface area (Å²) in [6.45, 7) is 6.72. The Morgan fingerprint density at radius 2 is 1.92 bits per heavy atom. The average molecular weight is 183 g/mol. The average Bonchev–Trinajstić information content (AvgIpc) is 2.06. The lowest BCUT2D eigenvalue weighted by atomic mass is 10.0. The quantitative estimate of drug-likeness (QED) is 0.700. The summed E-state index contributed by atoms with van der Waals surface area (Å²) >= 11 is 0. The van der Waals surface area contributed by atoms with Gasteiger partial charge in [0.15, 0.2) is 0 Å². The smallest absolute Gasteiger partial charge is 0.114 e. The van der Waals surface area contributed by atoms with E-state index in [1.807, 2.05) is 7.05 Å². The van der Waals surface area contributed by atoms with Crippen molar-refractivity contribution in [3.63, 3.8) is 0 Å². The Morgan fingerprint density at radius 1 is 1.46 bits per heavy atom. The van der Waals surface area contributed by atoms with Crippen molar-refractivity contribution in [2.75, 3.05) is 13.6 Å². The molecule has 0 aliphatic heterocycles. The number of hydrogen-bond acceptors (Lipinski definition) is 3. The first kappa shape index (κ1) is 12.4. The monoisotopic (exact) mass is 183 g/mol. The third-order valence-corrected chi connectivity index (χ3v) is 2.40. The first-order valence-corrected chi connectivity index (χ1v) is 4.87. The molecule has 0 aliphatic carbocycles. The molecule has 0 aromatic rings. The maximum absolute atomic E-state index is 8.77. The molecule has 0 heterocycles. The van der Waals surface area contributed by atoms with E-state index in [4.69, 9.17) is 11.0 Å². The number of rotatable bonds is 5. The molecule has 0 radical (unpaired) electrons. The minimum absolute atomic E-state index is 0.538. The summed E-state index contributed by atoms with van der Waals surface area (Å²) in [6, 6.07) is 2.65. The lowest BCUT2D eigenvalue weighted by Gasteiger charge is -2.30. The Kier molecular flexibility index (Phi) is 4.97. The van der Waals surface area contributed by atoms with Crippen molar-refractivity contribution in [1.82, 2.24) is 4.90 Å². The van der Waals surface area contributed by atoms with Gasteiger partial charge in [-0.15, -0.1) is 0 Å². The van der Waals surface area contributed by atoms with E-state index >= 15 is 0 Å². The summed E-state index contributed by atoms with van der Waals surface area (Å²) in [7, 11) is 2.03. The van der Waals surface area contributed by atoms with Crippen LogP contribution in [0.3, 0.4) is 0 Å². The van der Waals surface area contributed by atoms with Crippen molar-refractivity contribution in [1.29, 1.82) is 5.26 Å². The van der Waals surface area contributed by atoms with Gasteiger partial charge in [0.05, 0.1) is 6.07 Å². The van der Waals surface area contributed by atoms with Crippen LogP contribution in [-0.2, 0) is 0 Å². The summed E-state index contributed by atoms with van der Waals surface area (Å²) < 4.78 is 0. The molecule has 3 nitrogen and oxygen atoms in total. The SMILES string of the molecule is CCC(CC)N(C)CC(C)(N)C#N. The molecule has 0 fully saturated rings. The van der Waals surface area contributed by atoms with E-state index < -0.39 is 5.54 Å². The Bertz CT molecular complexity index is 177. The van der Waals surface area contributed by atoms with E-state index in [9.17, 15) is 0 Å². The molecule has 0 saturated heterocycles. The minimum atomic E-state index is -0.725. The molecule has 76 valence electrons. The molecule has 0 saturated carbocycles. The van der Waals surface area contributed by atoms with E-state index in [1.54, 1.807) is 6.92 Å². The molecule has 3 heteroatoms. The largest absolute Gasteiger partial charge is 0.313 e. The molecular weight excluding hydrogens is 162 g/mol. The second-order valence-corrected chi connectivity index (χ2v) is 3.91. The van der Waals surface area contributed by atoms with Crippen LogP contribution >= 0.6 is 0 Å². The molecule has 0 spiro atoms. The zero-order valence-corrected chi connectivity index (χ0v) is 9.17. The van der Waals surface area contributed by atoms with Gasteiger partial charge in [-0.05, 0) is 26.8 Å². The van der Waals surface area contributed by atoms with Crippen molar-refractivity contribution in [3.8, 4) is 6.07 Å². The van der Waals surface area contributed by atoms with Gasteiger partial charge in [-0.25, -0.2) is 0 Å². The van der Waals surface area contributed by atoms with Gasteiger partial charge in [0.25, 0.3) is 0 Å². The van der Waals surface area contributed by atoms with Crippen molar-refractivity contribution >= 4 is 0 Å². The second-order valence-electron chi connectivity index (χ2n) is 3.91. The van der Waals surface area contributed by atoms with Crippen molar-refractivity contribution in [3.05, 3.63) is 0 Å². The van der Waals surface area contributed by atoms with Crippen molar-refractivity contribution in [2.24, 2.45) is 5.73 Å². The zero-order chi connectivity index (χ0) is 10.5. The van der Waals surface area contributed by atoms with Crippen LogP contribution in [0.25, 0.3) is 0 Å². The molecule has 0 aliphatic rings. The molecule has 0 rings (SSSR count). The summed E-state index contributed by atoms with van der Waals surface area (Å²) in [5.74, 6) is 0. The molecule has 1 atom stereocenters. The fourth-order valence-corrected chi connectivity index (χ4v) is 1.59. The van der Waals surface area contributed by atoms with Gasteiger partial charge in [0.1, 0.15) is 5.54 Å². The fraction of sp³-hybridized carbons (Fsp3) is 0.900. The number of hydrogen-bond donors (Lipinski definition) is 1. The minimum Gasteiger partial charge on any atom is -0.313 e. The van der Waals surface area contributed by atoms with E-state index in [-0.39, 0.29) is 0 Å². The highest BCUT2D eigenvalue weighted by Gasteiger charge is 2.22.